The molecule has 40 heavy (non-hydrogen) atoms. The number of nitrogens with one attached hydrogen (secondary N) is 1. The van der Waals surface area contributed by atoms with Gasteiger partial charge < -0.3 is 11.1 Å². The van der Waals surface area contributed by atoms with Crippen molar-refractivity contribution in [2.75, 3.05) is 0 Å². The van der Waals surface area contributed by atoms with E-state index in [2.05, 4.69) is 20.2 Å². The Kier molecular flexibility index (Phi) is 7.42. The molecule has 3 heterocycles. The predicted octanol–water partition coefficient (Wildman–Crippen LogP) is 2.97. The zero-order chi connectivity index (χ0) is 28.7. The van der Waals surface area contributed by atoms with Crippen molar-refractivity contribution in [3.63, 3.8) is 0 Å². The van der Waals surface area contributed by atoms with Crippen LogP contribution in [-0.4, -0.2) is 57.8 Å². The Bertz CT molecular complexity index is 1590. The first-order chi connectivity index (χ1) is 18.9. The highest BCUT2D eigenvalue weighted by Crippen LogP contribution is 2.31. The van der Waals surface area contributed by atoms with Crippen LogP contribution in [0, 0.1) is 0 Å². The fourth-order valence-electron chi connectivity index (χ4n) is 4.17. The van der Waals surface area contributed by atoms with Gasteiger partial charge >= 0.3 is 11.9 Å². The molecule has 11 nitrogen and oxygen atoms in total. The predicted molar refractivity (Wildman–Crippen MR) is 139 cm³/mol. The van der Waals surface area contributed by atoms with Crippen molar-refractivity contribution in [3.05, 3.63) is 75.3 Å². The minimum atomic E-state index is -4.88. The summed E-state index contributed by atoms with van der Waals surface area (Å²) in [5.41, 5.74) is 4.04. The number of halogens is 5. The molecule has 4 aromatic rings. The lowest BCUT2D eigenvalue weighted by atomic mass is 9.77. The molecular weight excluding hydrogens is 574 g/mol. The molecule has 210 valence electrons. The Morgan fingerprint density at radius 3 is 2.48 bits per heavy atom. The average Bonchev–Trinajstić information content (AvgIpc) is 3.47. The molecule has 0 bridgehead atoms. The minimum Gasteiger partial charge on any atom is -0.341 e. The third-order valence-corrected chi connectivity index (χ3v) is 7.12. The molecule has 1 aromatic carbocycles. The van der Waals surface area contributed by atoms with Gasteiger partial charge in [-0.1, -0.05) is 23.2 Å². The highest BCUT2D eigenvalue weighted by atomic mass is 35.5. The summed E-state index contributed by atoms with van der Waals surface area (Å²) >= 11 is 12.1. The number of alkyl halides is 3. The molecule has 16 heteroatoms. The first-order valence-corrected chi connectivity index (χ1v) is 12.8. The summed E-state index contributed by atoms with van der Waals surface area (Å²) in [7, 11) is 0. The number of nitrogens with zero attached hydrogens (tertiary/aromatic N) is 7. The topological polar surface area (TPSA) is 139 Å². The first-order valence-electron chi connectivity index (χ1n) is 12.1. The zero-order valence-electron chi connectivity index (χ0n) is 20.6. The number of aromatic nitrogens is 7. The van der Waals surface area contributed by atoms with E-state index < -0.39 is 35.9 Å². The Balaban J connectivity index is 1.49. The Morgan fingerprint density at radius 1 is 1.12 bits per heavy atom. The molecule has 0 aliphatic heterocycles. The number of hydrogen-bond donors (Lipinski definition) is 2. The van der Waals surface area contributed by atoms with Gasteiger partial charge in [-0.2, -0.15) is 13.2 Å². The van der Waals surface area contributed by atoms with Crippen LogP contribution in [0.2, 0.25) is 10.0 Å². The van der Waals surface area contributed by atoms with Crippen molar-refractivity contribution in [1.82, 2.24) is 39.4 Å². The number of nitrogens with two attached hydrogens (primary N) is 1. The molecule has 1 fully saturated rings. The molecule has 1 atom stereocenters. The second-order valence-corrected chi connectivity index (χ2v) is 10.2. The van der Waals surface area contributed by atoms with Gasteiger partial charge in [-0.15, -0.1) is 10.2 Å². The molecule has 0 saturated heterocycles. The van der Waals surface area contributed by atoms with E-state index in [4.69, 9.17) is 28.9 Å². The summed E-state index contributed by atoms with van der Waals surface area (Å²) in [6.45, 7) is -1.20. The zero-order valence-corrected chi connectivity index (χ0v) is 22.2. The van der Waals surface area contributed by atoms with Crippen LogP contribution in [0.5, 0.6) is 0 Å². The van der Waals surface area contributed by atoms with Gasteiger partial charge in [0.2, 0.25) is 5.91 Å². The second-order valence-electron chi connectivity index (χ2n) is 9.37. The van der Waals surface area contributed by atoms with Crippen LogP contribution in [0.25, 0.3) is 17.2 Å². The van der Waals surface area contributed by atoms with E-state index in [0.717, 1.165) is 9.25 Å². The first kappa shape index (κ1) is 27.8. The number of carbonyl (C=O) groups excluding carboxylic acids is 1. The smallest absolute Gasteiger partial charge is 0.341 e. The van der Waals surface area contributed by atoms with Crippen molar-refractivity contribution in [2.24, 2.45) is 5.73 Å². The molecule has 1 saturated carbocycles. The van der Waals surface area contributed by atoms with Crippen LogP contribution in [-0.2, 0) is 17.9 Å². The molecule has 1 amide bonds. The molecule has 3 N–H and O–H groups in total. The van der Waals surface area contributed by atoms with E-state index in [1.165, 1.54) is 41.5 Å². The van der Waals surface area contributed by atoms with Gasteiger partial charge in [-0.05, 0) is 55.7 Å². The highest BCUT2D eigenvalue weighted by molar-refractivity contribution is 6.32. The van der Waals surface area contributed by atoms with E-state index in [-0.39, 0.29) is 31.0 Å². The molecule has 5 rings (SSSR count). The molecule has 1 unspecified atom stereocenters. The highest BCUT2D eigenvalue weighted by Gasteiger charge is 2.47. The summed E-state index contributed by atoms with van der Waals surface area (Å²) in [6.07, 6.45) is -0.827. The lowest BCUT2D eigenvalue weighted by molar-refractivity contribution is -0.166. The Labute approximate surface area is 234 Å². The van der Waals surface area contributed by atoms with Gasteiger partial charge in [0.1, 0.15) is 18.9 Å². The maximum Gasteiger partial charge on any atom is 0.410 e. The molecule has 3 aromatic heterocycles. The minimum absolute atomic E-state index is 0.0662. The number of hydrogen-bond acceptors (Lipinski definition) is 7. The fourth-order valence-corrected chi connectivity index (χ4v) is 4.51. The molecule has 1 aliphatic rings. The van der Waals surface area contributed by atoms with Gasteiger partial charge in [-0.3, -0.25) is 9.36 Å². The van der Waals surface area contributed by atoms with Gasteiger partial charge in [0.25, 0.3) is 0 Å². The van der Waals surface area contributed by atoms with Crippen molar-refractivity contribution in [3.8, 4) is 17.2 Å². The normalized spacial score (nSPS) is 15.4. The van der Waals surface area contributed by atoms with E-state index in [9.17, 15) is 22.8 Å². The molecule has 1 aliphatic carbocycles. The number of benzene rings is 1. The van der Waals surface area contributed by atoms with Crippen molar-refractivity contribution < 1.29 is 18.0 Å². The van der Waals surface area contributed by atoms with Gasteiger partial charge in [-0.25, -0.2) is 24.1 Å². The van der Waals surface area contributed by atoms with Crippen LogP contribution >= 0.6 is 23.2 Å². The van der Waals surface area contributed by atoms with Crippen LogP contribution in [0.15, 0.2) is 53.7 Å². The van der Waals surface area contributed by atoms with E-state index in [1.807, 2.05) is 5.32 Å². The Morgan fingerprint density at radius 2 is 1.85 bits per heavy atom. The van der Waals surface area contributed by atoms with Crippen LogP contribution in [0.3, 0.4) is 0 Å². The number of carbonyl (C=O) groups is 1. The molecule has 0 radical (unpaired) electrons. The van der Waals surface area contributed by atoms with Gasteiger partial charge in [0.15, 0.2) is 17.5 Å². The number of pyridine rings is 1. The van der Waals surface area contributed by atoms with Crippen LogP contribution < -0.4 is 16.7 Å². The fraction of sp³-hybridized carbons (Fsp3) is 0.333. The van der Waals surface area contributed by atoms with Gasteiger partial charge in [0, 0.05) is 16.8 Å². The summed E-state index contributed by atoms with van der Waals surface area (Å²) in [5.74, 6) is -0.552. The summed E-state index contributed by atoms with van der Waals surface area (Å²) in [4.78, 5) is 34.3. The van der Waals surface area contributed by atoms with Crippen molar-refractivity contribution in [1.29, 1.82) is 0 Å². The average molecular weight is 596 g/mol. The van der Waals surface area contributed by atoms with Crippen LogP contribution in [0.1, 0.15) is 25.1 Å². The lowest BCUT2D eigenvalue weighted by Gasteiger charge is -2.37. The van der Waals surface area contributed by atoms with E-state index in [0.29, 0.717) is 27.8 Å². The number of amides is 1. The second kappa shape index (κ2) is 10.7. The number of rotatable bonds is 8. The van der Waals surface area contributed by atoms with E-state index in [1.54, 1.807) is 12.1 Å². The molecular formula is C24H22Cl2F3N9O2. The van der Waals surface area contributed by atoms with Gasteiger partial charge in [0.05, 0.1) is 17.1 Å². The van der Waals surface area contributed by atoms with Crippen molar-refractivity contribution >= 4 is 29.1 Å². The third kappa shape index (κ3) is 5.60. The maximum atomic E-state index is 14.1. The Hall–Kier alpha value is -3.75. The maximum absolute atomic E-state index is 14.1. The molecule has 0 spiro atoms. The van der Waals surface area contributed by atoms with Crippen LogP contribution in [0.4, 0.5) is 13.2 Å². The standard InChI is InChI=1S/C24H22Cl2F3N9O2/c25-15-6-4-14(5-7-15)19-35-37(12-18-32-13-38(34-18)20-16(26)3-1-10-31-20)22(40)36(19)11-17(24(27,28)29)33-21(39)23(30)8-2-9-23/h1,3-7,10,13,17H,2,8-9,11-12,30H2,(H,33,39). The summed E-state index contributed by atoms with van der Waals surface area (Å²) < 4.78 is 45.4. The summed E-state index contributed by atoms with van der Waals surface area (Å²) in [6, 6.07) is 6.93. The van der Waals surface area contributed by atoms with E-state index >= 15 is 0 Å². The third-order valence-electron chi connectivity index (χ3n) is 6.58. The summed E-state index contributed by atoms with van der Waals surface area (Å²) in [5, 5.41) is 11.2. The lowest BCUT2D eigenvalue weighted by Crippen LogP contribution is -2.62. The largest absolute Gasteiger partial charge is 0.410 e. The van der Waals surface area contributed by atoms with Crippen molar-refractivity contribution in [2.45, 2.75) is 50.1 Å². The quantitative estimate of drug-likeness (QED) is 0.319. The SMILES string of the molecule is NC1(C(=O)NC(Cn2c(-c3ccc(Cl)cc3)nn(Cc3ncn(-c4ncccc4Cl)n3)c2=O)C(F)(F)F)CCC1. The monoisotopic (exact) mass is 595 g/mol.